The Morgan fingerprint density at radius 1 is 1.31 bits per heavy atom. The summed E-state index contributed by atoms with van der Waals surface area (Å²) in [6.45, 7) is 9.64. The largest absolute Gasteiger partial charge is 0.378 e. The summed E-state index contributed by atoms with van der Waals surface area (Å²) >= 11 is 1.44. The fourth-order valence-corrected chi connectivity index (χ4v) is 3.90. The molecule has 0 radical (unpaired) electrons. The van der Waals surface area contributed by atoms with Gasteiger partial charge in [-0.15, -0.1) is 10.2 Å². The summed E-state index contributed by atoms with van der Waals surface area (Å²) < 4.78 is 13.1. The van der Waals surface area contributed by atoms with E-state index in [-0.39, 0.29) is 12.0 Å². The van der Waals surface area contributed by atoms with Gasteiger partial charge in [0.25, 0.3) is 0 Å². The van der Waals surface area contributed by atoms with Crippen LogP contribution >= 0.6 is 11.8 Å². The summed E-state index contributed by atoms with van der Waals surface area (Å²) in [4.78, 5) is 14.4. The summed E-state index contributed by atoms with van der Waals surface area (Å²) in [5.74, 6) is 1.70. The number of nitrogens with one attached hydrogen (secondary N) is 1. The van der Waals surface area contributed by atoms with E-state index in [0.29, 0.717) is 31.4 Å². The number of morpholine rings is 1. The molecule has 0 unspecified atom stereocenters. The molecule has 2 aliphatic heterocycles. The topological polar surface area (TPSA) is 81.5 Å². The minimum absolute atomic E-state index is 0.0116. The summed E-state index contributed by atoms with van der Waals surface area (Å²) in [5.41, 5.74) is 0. The summed E-state index contributed by atoms with van der Waals surface area (Å²) in [7, 11) is 0. The van der Waals surface area contributed by atoms with Crippen LogP contribution in [-0.4, -0.2) is 72.0 Å². The van der Waals surface area contributed by atoms with Crippen molar-refractivity contribution in [3.05, 3.63) is 0 Å². The average Bonchev–Trinajstić information content (AvgIpc) is 3.28. The Balaban J connectivity index is 1.57. The zero-order valence-electron chi connectivity index (χ0n) is 15.6. The van der Waals surface area contributed by atoms with Gasteiger partial charge in [0.05, 0.1) is 25.1 Å². The number of carbonyl (C=O) groups excluding carboxylic acids is 1. The van der Waals surface area contributed by atoms with E-state index >= 15 is 0 Å². The predicted octanol–water partition coefficient (Wildman–Crippen LogP) is 1.16. The molecule has 26 heavy (non-hydrogen) atoms. The first-order chi connectivity index (χ1) is 12.6. The van der Waals surface area contributed by atoms with Crippen molar-refractivity contribution in [2.75, 3.05) is 50.1 Å². The molecule has 9 heteroatoms. The third-order valence-corrected chi connectivity index (χ3v) is 5.39. The van der Waals surface area contributed by atoms with Crippen LogP contribution in [0.4, 0.5) is 5.95 Å². The van der Waals surface area contributed by atoms with Gasteiger partial charge in [-0.25, -0.2) is 0 Å². The SMILES string of the molecule is CC(C)Cn1c(SCC(=O)NC[C@@H]2CCCO2)nnc1N1CCOCC1. The van der Waals surface area contributed by atoms with Gasteiger partial charge in [0, 0.05) is 32.8 Å². The van der Waals surface area contributed by atoms with E-state index in [2.05, 4.69) is 38.8 Å². The molecule has 3 heterocycles. The number of hydrogen-bond donors (Lipinski definition) is 1. The van der Waals surface area contributed by atoms with Crippen molar-refractivity contribution in [1.82, 2.24) is 20.1 Å². The van der Waals surface area contributed by atoms with Crippen LogP contribution in [0.2, 0.25) is 0 Å². The molecule has 3 rings (SSSR count). The second kappa shape index (κ2) is 9.57. The van der Waals surface area contributed by atoms with E-state index in [0.717, 1.165) is 50.2 Å². The third-order valence-electron chi connectivity index (χ3n) is 4.42. The Kier molecular flexibility index (Phi) is 7.15. The van der Waals surface area contributed by atoms with Crippen LogP contribution in [0.3, 0.4) is 0 Å². The first-order valence-electron chi connectivity index (χ1n) is 9.40. The van der Waals surface area contributed by atoms with Crippen molar-refractivity contribution in [2.45, 2.75) is 44.5 Å². The van der Waals surface area contributed by atoms with Crippen LogP contribution in [0.15, 0.2) is 5.16 Å². The number of rotatable bonds is 8. The average molecular weight is 384 g/mol. The minimum atomic E-state index is 0.0116. The molecule has 146 valence electrons. The lowest BCUT2D eigenvalue weighted by atomic mass is 10.2. The Labute approximate surface area is 159 Å². The highest BCUT2D eigenvalue weighted by molar-refractivity contribution is 7.99. The standard InChI is InChI=1S/C17H29N5O3S/c1-13(2)11-22-16(21-5-8-24-9-6-21)19-20-17(22)26-12-15(23)18-10-14-4-3-7-25-14/h13-14H,3-12H2,1-2H3,(H,18,23)/t14-/m0/s1. The number of nitrogens with zero attached hydrogens (tertiary/aromatic N) is 4. The monoisotopic (exact) mass is 383 g/mol. The molecule has 1 N–H and O–H groups in total. The minimum Gasteiger partial charge on any atom is -0.378 e. The number of anilines is 1. The van der Waals surface area contributed by atoms with Gasteiger partial charge in [-0.05, 0) is 18.8 Å². The second-order valence-electron chi connectivity index (χ2n) is 7.11. The molecule has 1 amide bonds. The van der Waals surface area contributed by atoms with Crippen molar-refractivity contribution in [3.63, 3.8) is 0 Å². The van der Waals surface area contributed by atoms with Crippen LogP contribution in [0, 0.1) is 5.92 Å². The van der Waals surface area contributed by atoms with Crippen molar-refractivity contribution < 1.29 is 14.3 Å². The summed E-state index contributed by atoms with van der Waals surface area (Å²) in [6.07, 6.45) is 2.28. The van der Waals surface area contributed by atoms with Gasteiger partial charge in [-0.3, -0.25) is 9.36 Å². The molecule has 2 fully saturated rings. The fourth-order valence-electron chi connectivity index (χ4n) is 3.12. The molecule has 2 aliphatic rings. The van der Waals surface area contributed by atoms with Crippen LogP contribution in [0.1, 0.15) is 26.7 Å². The normalized spacial score (nSPS) is 20.7. The fraction of sp³-hybridized carbons (Fsp3) is 0.824. The van der Waals surface area contributed by atoms with E-state index in [9.17, 15) is 4.79 Å². The number of thioether (sulfide) groups is 1. The molecule has 0 aromatic carbocycles. The predicted molar refractivity (Wildman–Crippen MR) is 101 cm³/mol. The third kappa shape index (κ3) is 5.34. The van der Waals surface area contributed by atoms with Gasteiger partial charge >= 0.3 is 0 Å². The van der Waals surface area contributed by atoms with E-state index in [1.165, 1.54) is 11.8 Å². The molecule has 0 aliphatic carbocycles. The van der Waals surface area contributed by atoms with Crippen LogP contribution in [0.5, 0.6) is 0 Å². The number of hydrogen-bond acceptors (Lipinski definition) is 7. The molecule has 1 atom stereocenters. The Bertz CT molecular complexity index is 583. The highest BCUT2D eigenvalue weighted by Gasteiger charge is 2.22. The first kappa shape index (κ1) is 19.4. The van der Waals surface area contributed by atoms with Gasteiger partial charge in [-0.2, -0.15) is 0 Å². The highest BCUT2D eigenvalue weighted by atomic mass is 32.2. The van der Waals surface area contributed by atoms with Crippen molar-refractivity contribution in [2.24, 2.45) is 5.92 Å². The number of ether oxygens (including phenoxy) is 2. The molecular formula is C17H29N5O3S. The molecular weight excluding hydrogens is 354 g/mol. The number of aromatic nitrogens is 3. The molecule has 1 aromatic heterocycles. The molecule has 0 bridgehead atoms. The molecule has 0 spiro atoms. The highest BCUT2D eigenvalue weighted by Crippen LogP contribution is 2.24. The summed E-state index contributed by atoms with van der Waals surface area (Å²) in [5, 5.41) is 12.5. The Morgan fingerprint density at radius 3 is 2.81 bits per heavy atom. The maximum atomic E-state index is 12.1. The maximum Gasteiger partial charge on any atom is 0.230 e. The van der Waals surface area contributed by atoms with Crippen LogP contribution in [0.25, 0.3) is 0 Å². The zero-order valence-corrected chi connectivity index (χ0v) is 16.5. The lowest BCUT2D eigenvalue weighted by Gasteiger charge is -2.28. The summed E-state index contributed by atoms with van der Waals surface area (Å²) in [6, 6.07) is 0. The van der Waals surface area contributed by atoms with Gasteiger partial charge in [0.15, 0.2) is 5.16 Å². The molecule has 1 aromatic rings. The first-order valence-corrected chi connectivity index (χ1v) is 10.4. The van der Waals surface area contributed by atoms with Gasteiger partial charge < -0.3 is 19.7 Å². The van der Waals surface area contributed by atoms with Gasteiger partial charge in [0.1, 0.15) is 0 Å². The van der Waals surface area contributed by atoms with E-state index in [1.54, 1.807) is 0 Å². The van der Waals surface area contributed by atoms with Gasteiger partial charge in [-0.1, -0.05) is 25.6 Å². The van der Waals surface area contributed by atoms with Crippen LogP contribution < -0.4 is 10.2 Å². The number of carbonyl (C=O) groups is 1. The number of amides is 1. The lowest BCUT2D eigenvalue weighted by Crippen LogP contribution is -2.38. The Hall–Kier alpha value is -1.32. The van der Waals surface area contributed by atoms with Crippen molar-refractivity contribution in [1.29, 1.82) is 0 Å². The van der Waals surface area contributed by atoms with E-state index in [4.69, 9.17) is 9.47 Å². The quantitative estimate of drug-likeness (QED) is 0.675. The van der Waals surface area contributed by atoms with E-state index < -0.39 is 0 Å². The van der Waals surface area contributed by atoms with Crippen molar-refractivity contribution >= 4 is 23.6 Å². The smallest absolute Gasteiger partial charge is 0.230 e. The maximum absolute atomic E-state index is 12.1. The van der Waals surface area contributed by atoms with Crippen LogP contribution in [-0.2, 0) is 20.8 Å². The molecule has 8 nitrogen and oxygen atoms in total. The second-order valence-corrected chi connectivity index (χ2v) is 8.06. The molecule has 0 saturated carbocycles. The van der Waals surface area contributed by atoms with E-state index in [1.807, 2.05) is 0 Å². The van der Waals surface area contributed by atoms with Gasteiger partial charge in [0.2, 0.25) is 11.9 Å². The Morgan fingerprint density at radius 2 is 2.12 bits per heavy atom. The van der Waals surface area contributed by atoms with Crippen molar-refractivity contribution in [3.8, 4) is 0 Å². The molecule has 2 saturated heterocycles. The zero-order chi connectivity index (χ0) is 18.4. The lowest BCUT2D eigenvalue weighted by molar-refractivity contribution is -0.119.